The van der Waals surface area contributed by atoms with E-state index in [-0.39, 0.29) is 18.9 Å². The number of nitrogens with zero attached hydrogens (tertiary/aromatic N) is 1. The van der Waals surface area contributed by atoms with E-state index in [9.17, 15) is 9.59 Å². The Labute approximate surface area is 112 Å². The summed E-state index contributed by atoms with van der Waals surface area (Å²) in [4.78, 5) is 24.2. The van der Waals surface area contributed by atoms with Gasteiger partial charge in [-0.15, -0.1) is 0 Å². The van der Waals surface area contributed by atoms with Crippen LogP contribution in [0, 0.1) is 0 Å². The van der Waals surface area contributed by atoms with Crippen LogP contribution in [0.5, 0.6) is 5.75 Å². The fraction of sp³-hybridized carbons (Fsp3) is 0.429. The topological polar surface area (TPSA) is 55.8 Å². The first kappa shape index (κ1) is 13.4. The number of ketones is 1. The molecule has 0 radical (unpaired) electrons. The molecule has 1 heterocycles. The molecule has 1 aliphatic rings. The zero-order chi connectivity index (χ0) is 13.7. The van der Waals surface area contributed by atoms with E-state index in [2.05, 4.69) is 0 Å². The van der Waals surface area contributed by atoms with Gasteiger partial charge < -0.3 is 14.4 Å². The van der Waals surface area contributed by atoms with E-state index in [0.717, 1.165) is 11.3 Å². The standard InChI is InChI=1S/C14H17NO4/c1-2-18-13-5-3-4-11(8-13)10-19-14(17)15-7-6-12(16)9-15/h3-5,8H,2,6-7,9-10H2,1H3. The SMILES string of the molecule is CCOc1cccc(COC(=O)N2CCC(=O)C2)c1. The summed E-state index contributed by atoms with van der Waals surface area (Å²) in [6, 6.07) is 7.42. The van der Waals surface area contributed by atoms with Crippen LogP contribution in [0.25, 0.3) is 0 Å². The van der Waals surface area contributed by atoms with Gasteiger partial charge in [0.25, 0.3) is 0 Å². The van der Waals surface area contributed by atoms with Crippen LogP contribution in [0.15, 0.2) is 24.3 Å². The molecule has 0 atom stereocenters. The zero-order valence-corrected chi connectivity index (χ0v) is 10.9. The second kappa shape index (κ2) is 6.22. The number of benzene rings is 1. The van der Waals surface area contributed by atoms with E-state index in [1.807, 2.05) is 31.2 Å². The predicted molar refractivity (Wildman–Crippen MR) is 69.0 cm³/mol. The third-order valence-electron chi connectivity index (χ3n) is 2.86. The minimum Gasteiger partial charge on any atom is -0.494 e. The molecule has 1 amide bonds. The lowest BCUT2D eigenvalue weighted by atomic mass is 10.2. The lowest BCUT2D eigenvalue weighted by Crippen LogP contribution is -2.29. The average molecular weight is 263 g/mol. The van der Waals surface area contributed by atoms with E-state index < -0.39 is 6.09 Å². The number of carbonyl (C=O) groups is 2. The van der Waals surface area contributed by atoms with Crippen molar-refractivity contribution < 1.29 is 19.1 Å². The van der Waals surface area contributed by atoms with Crippen LogP contribution >= 0.6 is 0 Å². The molecule has 1 fully saturated rings. The molecule has 5 nitrogen and oxygen atoms in total. The second-order valence-corrected chi connectivity index (χ2v) is 4.35. The van der Waals surface area contributed by atoms with Crippen molar-refractivity contribution in [2.24, 2.45) is 0 Å². The Kier molecular flexibility index (Phi) is 4.39. The number of carbonyl (C=O) groups excluding carboxylic acids is 2. The van der Waals surface area contributed by atoms with E-state index in [4.69, 9.17) is 9.47 Å². The first-order chi connectivity index (χ1) is 9.19. The van der Waals surface area contributed by atoms with Gasteiger partial charge in [0.05, 0.1) is 13.2 Å². The smallest absolute Gasteiger partial charge is 0.410 e. The normalized spacial score (nSPS) is 14.6. The van der Waals surface area contributed by atoms with Crippen molar-refractivity contribution in [3.05, 3.63) is 29.8 Å². The Hall–Kier alpha value is -2.04. The van der Waals surface area contributed by atoms with Crippen molar-refractivity contribution in [3.63, 3.8) is 0 Å². The maximum Gasteiger partial charge on any atom is 0.410 e. The van der Waals surface area contributed by atoms with E-state index in [1.165, 1.54) is 4.90 Å². The summed E-state index contributed by atoms with van der Waals surface area (Å²) in [5.74, 6) is 0.836. The molecule has 2 rings (SSSR count). The number of hydrogen-bond acceptors (Lipinski definition) is 4. The van der Waals surface area contributed by atoms with Gasteiger partial charge in [-0.25, -0.2) is 4.79 Å². The minimum atomic E-state index is -0.437. The number of rotatable bonds is 4. The summed E-state index contributed by atoms with van der Waals surface area (Å²) in [6.45, 7) is 3.31. The van der Waals surface area contributed by atoms with Crippen molar-refractivity contribution in [1.29, 1.82) is 0 Å². The van der Waals surface area contributed by atoms with Crippen molar-refractivity contribution in [2.75, 3.05) is 19.7 Å². The molecule has 0 saturated carbocycles. The Balaban J connectivity index is 1.86. The molecule has 0 spiro atoms. The van der Waals surface area contributed by atoms with Crippen LogP contribution in [0.1, 0.15) is 18.9 Å². The Bertz CT molecular complexity index is 472. The number of hydrogen-bond donors (Lipinski definition) is 0. The molecule has 5 heteroatoms. The number of Topliss-reactive ketones (excluding diaryl/α,β-unsaturated/α-hetero) is 1. The van der Waals surface area contributed by atoms with Crippen LogP contribution in [0.3, 0.4) is 0 Å². The highest BCUT2D eigenvalue weighted by molar-refractivity contribution is 5.87. The van der Waals surface area contributed by atoms with Crippen LogP contribution in [-0.4, -0.2) is 36.5 Å². The minimum absolute atomic E-state index is 0.0790. The van der Waals surface area contributed by atoms with Gasteiger partial charge in [-0.2, -0.15) is 0 Å². The van der Waals surface area contributed by atoms with Crippen molar-refractivity contribution in [3.8, 4) is 5.75 Å². The van der Waals surface area contributed by atoms with E-state index >= 15 is 0 Å². The fourth-order valence-electron chi connectivity index (χ4n) is 1.91. The number of amides is 1. The van der Waals surface area contributed by atoms with Crippen molar-refractivity contribution in [2.45, 2.75) is 20.0 Å². The van der Waals surface area contributed by atoms with Crippen LogP contribution < -0.4 is 4.74 Å². The molecule has 0 bridgehead atoms. The molecule has 1 aromatic rings. The predicted octanol–water partition coefficient (Wildman–Crippen LogP) is 2.00. The van der Waals surface area contributed by atoms with Crippen LogP contribution in [0.4, 0.5) is 4.79 Å². The highest BCUT2D eigenvalue weighted by Crippen LogP contribution is 2.15. The lowest BCUT2D eigenvalue weighted by molar-refractivity contribution is -0.116. The molecule has 0 unspecified atom stereocenters. The van der Waals surface area contributed by atoms with Crippen LogP contribution in [-0.2, 0) is 16.1 Å². The van der Waals surface area contributed by atoms with Gasteiger partial charge in [-0.1, -0.05) is 12.1 Å². The fourth-order valence-corrected chi connectivity index (χ4v) is 1.91. The Morgan fingerprint density at radius 1 is 1.42 bits per heavy atom. The van der Waals surface area contributed by atoms with Crippen molar-refractivity contribution in [1.82, 2.24) is 4.90 Å². The van der Waals surface area contributed by atoms with Gasteiger partial charge in [0.1, 0.15) is 12.4 Å². The summed E-state index contributed by atoms with van der Waals surface area (Å²) >= 11 is 0. The van der Waals surface area contributed by atoms with Gasteiger partial charge in [0, 0.05) is 13.0 Å². The molecule has 19 heavy (non-hydrogen) atoms. The summed E-state index contributed by atoms with van der Waals surface area (Å²) < 4.78 is 10.5. The molecule has 1 aliphatic heterocycles. The monoisotopic (exact) mass is 263 g/mol. The second-order valence-electron chi connectivity index (χ2n) is 4.35. The van der Waals surface area contributed by atoms with Gasteiger partial charge in [-0.05, 0) is 24.6 Å². The Morgan fingerprint density at radius 3 is 2.95 bits per heavy atom. The summed E-state index contributed by atoms with van der Waals surface area (Å²) in [5, 5.41) is 0. The molecule has 0 N–H and O–H groups in total. The molecular formula is C14H17NO4. The zero-order valence-electron chi connectivity index (χ0n) is 10.9. The van der Waals surface area contributed by atoms with Crippen molar-refractivity contribution >= 4 is 11.9 Å². The highest BCUT2D eigenvalue weighted by atomic mass is 16.6. The van der Waals surface area contributed by atoms with Gasteiger partial charge in [0.2, 0.25) is 0 Å². The maximum absolute atomic E-state index is 11.7. The van der Waals surface area contributed by atoms with Crippen LogP contribution in [0.2, 0.25) is 0 Å². The lowest BCUT2D eigenvalue weighted by Gasteiger charge is -2.14. The highest BCUT2D eigenvalue weighted by Gasteiger charge is 2.24. The van der Waals surface area contributed by atoms with Gasteiger partial charge >= 0.3 is 6.09 Å². The number of ether oxygens (including phenoxy) is 2. The molecular weight excluding hydrogens is 246 g/mol. The summed E-state index contributed by atoms with van der Waals surface area (Å²) in [6.07, 6.45) is -0.0118. The summed E-state index contributed by atoms with van der Waals surface area (Å²) in [5.41, 5.74) is 0.866. The summed E-state index contributed by atoms with van der Waals surface area (Å²) in [7, 11) is 0. The number of likely N-dealkylation sites (tertiary alicyclic amines) is 1. The first-order valence-electron chi connectivity index (χ1n) is 6.34. The van der Waals surface area contributed by atoms with E-state index in [0.29, 0.717) is 19.6 Å². The third-order valence-corrected chi connectivity index (χ3v) is 2.86. The van der Waals surface area contributed by atoms with Gasteiger partial charge in [0.15, 0.2) is 5.78 Å². The van der Waals surface area contributed by atoms with E-state index in [1.54, 1.807) is 0 Å². The first-order valence-corrected chi connectivity index (χ1v) is 6.34. The average Bonchev–Trinajstić information content (AvgIpc) is 2.84. The molecule has 102 valence electrons. The quantitative estimate of drug-likeness (QED) is 0.833. The molecule has 1 saturated heterocycles. The molecule has 1 aromatic carbocycles. The third kappa shape index (κ3) is 3.71. The maximum atomic E-state index is 11.7. The largest absolute Gasteiger partial charge is 0.494 e. The Morgan fingerprint density at radius 2 is 2.26 bits per heavy atom. The van der Waals surface area contributed by atoms with Gasteiger partial charge in [-0.3, -0.25) is 4.79 Å². The molecule has 0 aromatic heterocycles. The molecule has 0 aliphatic carbocycles.